The van der Waals surface area contributed by atoms with E-state index in [2.05, 4.69) is 52.1 Å². The zero-order valence-corrected chi connectivity index (χ0v) is 30.3. The summed E-state index contributed by atoms with van der Waals surface area (Å²) in [6.07, 6.45) is 6.10. The van der Waals surface area contributed by atoms with E-state index >= 15 is 0 Å². The maximum Gasteiger partial charge on any atom is 0.249 e. The Hall–Kier alpha value is -5.47. The zero-order chi connectivity index (χ0) is 36.7. The van der Waals surface area contributed by atoms with Crippen LogP contribution in [0.1, 0.15) is 37.2 Å². The lowest BCUT2D eigenvalue weighted by atomic mass is 9.90. The van der Waals surface area contributed by atoms with Gasteiger partial charge in [-0.2, -0.15) is 4.98 Å². The normalized spacial score (nSPS) is 18.3. The molecule has 4 aromatic rings. The number of ether oxygens (including phenoxy) is 1. The molecule has 1 unspecified atom stereocenters. The maximum atomic E-state index is 13.3. The molecule has 0 bridgehead atoms. The number of rotatable bonds is 11. The number of piperidine rings is 2. The molecule has 3 saturated heterocycles. The van der Waals surface area contributed by atoms with Gasteiger partial charge in [-0.1, -0.05) is 35.9 Å². The molecule has 3 amide bonds. The van der Waals surface area contributed by atoms with Crippen LogP contribution < -0.4 is 30.9 Å². The molecule has 53 heavy (non-hydrogen) atoms. The van der Waals surface area contributed by atoms with Crippen LogP contribution in [-0.4, -0.2) is 101 Å². The summed E-state index contributed by atoms with van der Waals surface area (Å²) in [5, 5.41) is 12.4. The largest absolute Gasteiger partial charge is 0.494 e. The Labute approximate surface area is 313 Å². The van der Waals surface area contributed by atoms with Crippen LogP contribution in [0.25, 0.3) is 0 Å². The number of amides is 3. The van der Waals surface area contributed by atoms with Gasteiger partial charge in [0.2, 0.25) is 23.7 Å². The van der Waals surface area contributed by atoms with Crippen LogP contribution >= 0.6 is 11.6 Å². The van der Waals surface area contributed by atoms with E-state index in [0.717, 1.165) is 61.6 Å². The third-order valence-electron chi connectivity index (χ3n) is 9.98. The summed E-state index contributed by atoms with van der Waals surface area (Å²) in [5.74, 6) is 2.12. The van der Waals surface area contributed by atoms with Gasteiger partial charge < -0.3 is 30.5 Å². The first-order chi connectivity index (χ1) is 25.8. The highest BCUT2D eigenvalue weighted by molar-refractivity contribution is 6.32. The first-order valence-electron chi connectivity index (χ1n) is 17.9. The van der Waals surface area contributed by atoms with Crippen molar-refractivity contribution in [1.29, 1.82) is 0 Å². The molecule has 0 saturated carbocycles. The number of benzene rings is 2. The smallest absolute Gasteiger partial charge is 0.249 e. The fourth-order valence-corrected chi connectivity index (χ4v) is 7.08. The average molecular weight is 739 g/mol. The molecular weight excluding hydrogens is 696 g/mol. The Bertz CT molecular complexity index is 1920. The minimum Gasteiger partial charge on any atom is -0.494 e. The van der Waals surface area contributed by atoms with Crippen molar-refractivity contribution in [3.05, 3.63) is 83.6 Å². The number of anilines is 6. The molecule has 0 radical (unpaired) electrons. The number of carbonyl (C=O) groups excluding carboxylic acids is 3. The lowest BCUT2D eigenvalue weighted by Crippen LogP contribution is -2.51. The van der Waals surface area contributed by atoms with Crippen molar-refractivity contribution in [1.82, 2.24) is 30.1 Å². The van der Waals surface area contributed by atoms with E-state index in [9.17, 15) is 14.4 Å². The Morgan fingerprint density at radius 1 is 0.925 bits per heavy atom. The Morgan fingerprint density at radius 2 is 1.72 bits per heavy atom. The molecular formula is C38H43ClN10O4. The predicted molar refractivity (Wildman–Crippen MR) is 204 cm³/mol. The number of methoxy groups -OCH3 is 1. The number of para-hydroxylation sites is 1. The number of nitrogens with zero attached hydrogens (tertiary/aromatic N) is 6. The van der Waals surface area contributed by atoms with Gasteiger partial charge in [0.1, 0.15) is 22.6 Å². The number of carbonyl (C=O) groups is 3. The number of halogens is 1. The molecule has 276 valence electrons. The van der Waals surface area contributed by atoms with Gasteiger partial charge in [-0.25, -0.2) is 9.97 Å². The lowest BCUT2D eigenvalue weighted by molar-refractivity contribution is -0.134. The number of imide groups is 1. The highest BCUT2D eigenvalue weighted by Crippen LogP contribution is 2.33. The van der Waals surface area contributed by atoms with Gasteiger partial charge in [0.15, 0.2) is 5.82 Å². The van der Waals surface area contributed by atoms with Crippen molar-refractivity contribution in [2.24, 2.45) is 0 Å². The lowest BCUT2D eigenvalue weighted by Gasteiger charge is -2.38. The molecule has 3 fully saturated rings. The summed E-state index contributed by atoms with van der Waals surface area (Å²) >= 11 is 6.36. The van der Waals surface area contributed by atoms with Gasteiger partial charge in [-0.15, -0.1) is 0 Å². The van der Waals surface area contributed by atoms with Crippen molar-refractivity contribution in [2.75, 3.05) is 73.8 Å². The van der Waals surface area contributed by atoms with Gasteiger partial charge >= 0.3 is 0 Å². The first kappa shape index (κ1) is 35.9. The Morgan fingerprint density at radius 3 is 2.43 bits per heavy atom. The second kappa shape index (κ2) is 16.5. The summed E-state index contributed by atoms with van der Waals surface area (Å²) in [4.78, 5) is 56.7. The molecule has 3 aliphatic rings. The van der Waals surface area contributed by atoms with Crippen molar-refractivity contribution >= 4 is 64.0 Å². The Balaban J connectivity index is 0.864. The van der Waals surface area contributed by atoms with Crippen LogP contribution in [0.15, 0.2) is 73.1 Å². The quantitative estimate of drug-likeness (QED) is 0.157. The van der Waals surface area contributed by atoms with Crippen LogP contribution in [0.4, 0.5) is 34.6 Å². The monoisotopic (exact) mass is 738 g/mol. The van der Waals surface area contributed by atoms with E-state index in [1.54, 1.807) is 13.3 Å². The predicted octanol–water partition coefficient (Wildman–Crippen LogP) is 4.77. The van der Waals surface area contributed by atoms with Crippen molar-refractivity contribution in [3.63, 3.8) is 0 Å². The Kier molecular flexibility index (Phi) is 11.2. The number of nitrogens with one attached hydrogen (secondary N) is 4. The topological polar surface area (TPSA) is 157 Å². The van der Waals surface area contributed by atoms with Gasteiger partial charge in [-0.3, -0.25) is 24.6 Å². The molecule has 2 aromatic carbocycles. The zero-order valence-electron chi connectivity index (χ0n) is 29.6. The number of piperazine rings is 1. The number of aromatic nitrogens is 3. The third kappa shape index (κ3) is 8.95. The molecule has 1 atom stereocenters. The minimum atomic E-state index is -0.456. The van der Waals surface area contributed by atoms with Crippen LogP contribution in [0.5, 0.6) is 5.75 Å². The molecule has 4 N–H and O–H groups in total. The molecule has 3 aliphatic heterocycles. The number of hydrogen-bond acceptors (Lipinski definition) is 12. The van der Waals surface area contributed by atoms with Crippen LogP contribution in [0, 0.1) is 0 Å². The summed E-state index contributed by atoms with van der Waals surface area (Å²) < 4.78 is 5.73. The summed E-state index contributed by atoms with van der Waals surface area (Å²) in [6.45, 7) is 4.86. The van der Waals surface area contributed by atoms with Gasteiger partial charge in [0.25, 0.3) is 0 Å². The van der Waals surface area contributed by atoms with E-state index in [1.807, 2.05) is 65.7 Å². The van der Waals surface area contributed by atoms with E-state index < -0.39 is 6.04 Å². The highest BCUT2D eigenvalue weighted by Gasteiger charge is 2.28. The summed E-state index contributed by atoms with van der Waals surface area (Å²) in [6, 6.07) is 19.1. The second-order valence-electron chi connectivity index (χ2n) is 13.4. The van der Waals surface area contributed by atoms with E-state index in [1.165, 1.54) is 0 Å². The van der Waals surface area contributed by atoms with E-state index in [4.69, 9.17) is 16.3 Å². The maximum absolute atomic E-state index is 13.3. The highest BCUT2D eigenvalue weighted by atomic mass is 35.5. The molecule has 5 heterocycles. The van der Waals surface area contributed by atoms with Gasteiger partial charge in [-0.05, 0) is 74.2 Å². The summed E-state index contributed by atoms with van der Waals surface area (Å²) in [5.41, 5.74) is 3.76. The molecule has 0 aliphatic carbocycles. The molecule has 2 aromatic heterocycles. The summed E-state index contributed by atoms with van der Waals surface area (Å²) in [7, 11) is 1.63. The SMILES string of the molecule is COc1cc(N2CCN(C(=O)CN3CCC(c4ccc(NC5CCC(=O)NC5=O)nc4)CC3)CC2)ccc1Nc1ncc(Cl)c(Nc2ccccc2)n1. The van der Waals surface area contributed by atoms with E-state index in [0.29, 0.717) is 66.8 Å². The van der Waals surface area contributed by atoms with Crippen molar-refractivity contribution in [3.8, 4) is 5.75 Å². The third-order valence-corrected chi connectivity index (χ3v) is 10.3. The molecule has 7 rings (SSSR count). The second-order valence-corrected chi connectivity index (χ2v) is 13.8. The van der Waals surface area contributed by atoms with Crippen molar-refractivity contribution in [2.45, 2.75) is 37.6 Å². The molecule has 15 heteroatoms. The van der Waals surface area contributed by atoms with Gasteiger partial charge in [0.05, 0.1) is 25.5 Å². The van der Waals surface area contributed by atoms with Crippen molar-refractivity contribution < 1.29 is 19.1 Å². The van der Waals surface area contributed by atoms with E-state index in [-0.39, 0.29) is 17.7 Å². The number of likely N-dealkylation sites (tertiary alicyclic amines) is 1. The molecule has 14 nitrogen and oxygen atoms in total. The fraction of sp³-hybridized carbons (Fsp3) is 0.368. The number of hydrogen-bond donors (Lipinski definition) is 4. The number of pyridine rings is 1. The van der Waals surface area contributed by atoms with Crippen LogP contribution in [-0.2, 0) is 14.4 Å². The first-order valence-corrected chi connectivity index (χ1v) is 18.3. The fourth-order valence-electron chi connectivity index (χ4n) is 6.95. The average Bonchev–Trinajstić information content (AvgIpc) is 3.18. The van der Waals surface area contributed by atoms with Gasteiger partial charge in [0, 0.05) is 56.2 Å². The minimum absolute atomic E-state index is 0.162. The van der Waals surface area contributed by atoms with Crippen LogP contribution in [0.3, 0.4) is 0 Å². The van der Waals surface area contributed by atoms with Crippen LogP contribution in [0.2, 0.25) is 5.02 Å². The molecule has 0 spiro atoms. The standard InChI is InChI=1S/C38H43ClN10O4/c1-53-32-21-28(8-9-30(32)44-38-41-23-29(39)36(46-38)42-27-5-3-2-4-6-27)48-17-19-49(20-18-48)35(51)24-47-15-13-25(14-16-47)26-7-11-33(40-22-26)43-31-10-12-34(50)45-37(31)52/h2-9,11,21-23,25,31H,10,12-20,24H2,1H3,(H,40,43)(H,45,50,52)(H2,41,42,44,46).